The highest BCUT2D eigenvalue weighted by Crippen LogP contribution is 2.47. The van der Waals surface area contributed by atoms with Gasteiger partial charge in [-0.1, -0.05) is 117 Å². The molecule has 2 N–H and O–H groups in total. The van der Waals surface area contributed by atoms with Crippen LogP contribution in [0.4, 0.5) is 4.39 Å². The third-order valence-electron chi connectivity index (χ3n) is 9.19. The smallest absolute Gasteiger partial charge is 0.165 e. The van der Waals surface area contributed by atoms with Gasteiger partial charge in [-0.2, -0.15) is 0 Å². The maximum atomic E-state index is 14.5. The number of unbranched alkanes of at least 4 members (excludes halogenated alkanes) is 2. The highest BCUT2D eigenvalue weighted by Gasteiger charge is 2.45. The van der Waals surface area contributed by atoms with Crippen LogP contribution in [0.5, 0.6) is 17.2 Å². The second kappa shape index (κ2) is 16.7. The molecule has 4 aromatic carbocycles. The lowest BCUT2D eigenvalue weighted by atomic mass is 9.73. The molecular formula is C44H56FNO4. The number of nitrogens with zero attached hydrogens (tertiary/aromatic N) is 1. The van der Waals surface area contributed by atoms with Gasteiger partial charge in [-0.3, -0.25) is 4.99 Å². The molecule has 0 aliphatic carbocycles. The Kier molecular flexibility index (Phi) is 12.9. The van der Waals surface area contributed by atoms with E-state index in [2.05, 4.69) is 67.5 Å². The molecular weight excluding hydrogens is 625 g/mol. The van der Waals surface area contributed by atoms with E-state index in [4.69, 9.17) is 14.5 Å². The summed E-state index contributed by atoms with van der Waals surface area (Å²) in [4.78, 5) is 5.06. The van der Waals surface area contributed by atoms with E-state index < -0.39 is 23.2 Å². The van der Waals surface area contributed by atoms with E-state index >= 15 is 0 Å². The maximum absolute atomic E-state index is 14.5. The quantitative estimate of drug-likeness (QED) is 0.0968. The topological polar surface area (TPSA) is 71.3 Å². The number of phenols is 1. The minimum Gasteiger partial charge on any atom is -0.504 e. The molecule has 4 rings (SSSR count). The summed E-state index contributed by atoms with van der Waals surface area (Å²) in [6.07, 6.45) is 5.42. The van der Waals surface area contributed by atoms with Crippen molar-refractivity contribution in [2.75, 3.05) is 13.2 Å². The summed E-state index contributed by atoms with van der Waals surface area (Å²) >= 11 is 0. The van der Waals surface area contributed by atoms with E-state index in [0.717, 1.165) is 42.4 Å². The molecule has 4 aromatic rings. The number of benzene rings is 4. The van der Waals surface area contributed by atoms with Gasteiger partial charge in [0.1, 0.15) is 17.1 Å². The largest absolute Gasteiger partial charge is 0.504 e. The SMILES string of the molecule is CCCCOc1ccc(C(C)(C)C)cc1C(O)(c1cc(C(C)(C)C)ccc1OCCCC)[C@@H](Cc1ccccc1)N=Cc1cccc(F)c1O. The monoisotopic (exact) mass is 681 g/mol. The van der Waals surface area contributed by atoms with Crippen LogP contribution in [0, 0.1) is 5.82 Å². The van der Waals surface area contributed by atoms with Crippen LogP contribution in [0.2, 0.25) is 0 Å². The van der Waals surface area contributed by atoms with E-state index in [0.29, 0.717) is 42.3 Å². The van der Waals surface area contributed by atoms with Crippen molar-refractivity contribution in [1.29, 1.82) is 0 Å². The van der Waals surface area contributed by atoms with Crippen molar-refractivity contribution in [3.8, 4) is 17.2 Å². The number of para-hydroxylation sites is 1. The lowest BCUT2D eigenvalue weighted by Crippen LogP contribution is -2.42. The second-order valence-electron chi connectivity index (χ2n) is 15.3. The molecule has 0 aromatic heterocycles. The van der Waals surface area contributed by atoms with Gasteiger partial charge in [-0.15, -0.1) is 0 Å². The van der Waals surface area contributed by atoms with Crippen molar-refractivity contribution >= 4 is 6.21 Å². The number of aliphatic imine (C=N–C) groups is 1. The van der Waals surface area contributed by atoms with Gasteiger partial charge >= 0.3 is 0 Å². The van der Waals surface area contributed by atoms with Crippen LogP contribution in [0.15, 0.2) is 89.9 Å². The van der Waals surface area contributed by atoms with Gasteiger partial charge < -0.3 is 19.7 Å². The first-order valence-electron chi connectivity index (χ1n) is 18.0. The predicted octanol–water partition coefficient (Wildman–Crippen LogP) is 10.5. The van der Waals surface area contributed by atoms with E-state index in [1.807, 2.05) is 54.6 Å². The third kappa shape index (κ3) is 9.33. The first-order valence-corrected chi connectivity index (χ1v) is 18.0. The van der Waals surface area contributed by atoms with Crippen molar-refractivity contribution in [2.45, 2.75) is 110 Å². The molecule has 0 saturated carbocycles. The molecule has 5 nitrogen and oxygen atoms in total. The van der Waals surface area contributed by atoms with Gasteiger partial charge in [-0.05, 0) is 83.2 Å². The summed E-state index contributed by atoms with van der Waals surface area (Å²) in [6, 6.07) is 25.6. The molecule has 0 heterocycles. The average Bonchev–Trinajstić information content (AvgIpc) is 3.08. The van der Waals surface area contributed by atoms with Crippen LogP contribution >= 0.6 is 0 Å². The fourth-order valence-electron chi connectivity index (χ4n) is 5.95. The molecule has 0 saturated heterocycles. The van der Waals surface area contributed by atoms with E-state index in [1.54, 1.807) is 6.07 Å². The molecule has 268 valence electrons. The van der Waals surface area contributed by atoms with E-state index in [9.17, 15) is 14.6 Å². The summed E-state index contributed by atoms with van der Waals surface area (Å²) in [6.45, 7) is 18.1. The van der Waals surface area contributed by atoms with E-state index in [1.165, 1.54) is 18.3 Å². The summed E-state index contributed by atoms with van der Waals surface area (Å²) in [5.41, 5.74) is 2.10. The molecule has 0 aliphatic rings. The van der Waals surface area contributed by atoms with Gasteiger partial charge in [0.05, 0.1) is 19.3 Å². The Morgan fingerprint density at radius 2 is 1.24 bits per heavy atom. The predicted molar refractivity (Wildman–Crippen MR) is 204 cm³/mol. The number of aliphatic hydroxyl groups is 1. The number of aromatic hydroxyl groups is 1. The molecule has 0 aliphatic heterocycles. The molecule has 6 heteroatoms. The summed E-state index contributed by atoms with van der Waals surface area (Å²) < 4.78 is 27.5. The van der Waals surface area contributed by atoms with Gasteiger partial charge in [0, 0.05) is 22.9 Å². The summed E-state index contributed by atoms with van der Waals surface area (Å²) in [5, 5.41) is 24.6. The molecule has 0 unspecified atom stereocenters. The lowest BCUT2D eigenvalue weighted by molar-refractivity contribution is 0.0460. The average molecular weight is 682 g/mol. The van der Waals surface area contributed by atoms with Crippen LogP contribution in [0.3, 0.4) is 0 Å². The molecule has 1 atom stereocenters. The number of hydrogen-bond acceptors (Lipinski definition) is 5. The van der Waals surface area contributed by atoms with Gasteiger partial charge in [0.25, 0.3) is 0 Å². The highest BCUT2D eigenvalue weighted by molar-refractivity contribution is 5.83. The van der Waals surface area contributed by atoms with Crippen LogP contribution in [-0.2, 0) is 22.9 Å². The number of halogens is 1. The van der Waals surface area contributed by atoms with Crippen molar-refractivity contribution in [2.24, 2.45) is 4.99 Å². The van der Waals surface area contributed by atoms with Crippen LogP contribution in [0.1, 0.15) is 114 Å². The minimum absolute atomic E-state index is 0.219. The third-order valence-corrected chi connectivity index (χ3v) is 9.19. The maximum Gasteiger partial charge on any atom is 0.165 e. The Hall–Kier alpha value is -4.16. The Balaban J connectivity index is 2.14. The molecule has 0 amide bonds. The molecule has 0 fully saturated rings. The van der Waals surface area contributed by atoms with Crippen molar-refractivity contribution < 1.29 is 24.1 Å². The first-order chi connectivity index (χ1) is 23.7. The van der Waals surface area contributed by atoms with Crippen molar-refractivity contribution in [1.82, 2.24) is 0 Å². The van der Waals surface area contributed by atoms with Crippen molar-refractivity contribution in [3.05, 3.63) is 124 Å². The second-order valence-corrected chi connectivity index (χ2v) is 15.3. The Labute approximate surface area is 299 Å². The van der Waals surface area contributed by atoms with E-state index in [-0.39, 0.29) is 16.4 Å². The Morgan fingerprint density at radius 3 is 1.72 bits per heavy atom. The zero-order valence-electron chi connectivity index (χ0n) is 31.2. The highest BCUT2D eigenvalue weighted by atomic mass is 19.1. The van der Waals surface area contributed by atoms with Crippen LogP contribution < -0.4 is 9.47 Å². The fraction of sp³-hybridized carbons (Fsp3) is 0.432. The zero-order chi connectivity index (χ0) is 36.5. The molecule has 0 bridgehead atoms. The molecule has 0 spiro atoms. The number of ether oxygens (including phenoxy) is 2. The number of hydrogen-bond donors (Lipinski definition) is 2. The van der Waals surface area contributed by atoms with Crippen LogP contribution in [-0.4, -0.2) is 35.7 Å². The standard InChI is InChI=1S/C44H56FNO4/c1-9-11-25-49-38-23-21-33(42(3,4)5)28-35(38)44(48,36-29-34(43(6,7)8)22-24-39(36)50-26-12-10-2)40(27-31-17-14-13-15-18-31)46-30-32-19-16-20-37(45)41(32)47/h13-24,28-30,40,47-48H,9-12,25-27H2,1-8H3/t40-/m1/s1. The Bertz CT molecular complexity index is 1650. The Morgan fingerprint density at radius 1 is 0.720 bits per heavy atom. The van der Waals surface area contributed by atoms with Gasteiger partial charge in [0.15, 0.2) is 11.6 Å². The van der Waals surface area contributed by atoms with Gasteiger partial charge in [0.2, 0.25) is 0 Å². The summed E-state index contributed by atoms with van der Waals surface area (Å²) in [5.74, 6) is -0.0966. The summed E-state index contributed by atoms with van der Waals surface area (Å²) in [7, 11) is 0. The minimum atomic E-state index is -1.80. The molecule has 50 heavy (non-hydrogen) atoms. The zero-order valence-corrected chi connectivity index (χ0v) is 31.2. The van der Waals surface area contributed by atoms with Crippen LogP contribution in [0.25, 0.3) is 0 Å². The number of rotatable bonds is 15. The first kappa shape index (κ1) is 38.6. The fourth-order valence-corrected chi connectivity index (χ4v) is 5.95. The van der Waals surface area contributed by atoms with Gasteiger partial charge in [-0.25, -0.2) is 4.39 Å². The lowest BCUT2D eigenvalue weighted by Gasteiger charge is -2.39. The molecule has 0 radical (unpaired) electrons. The van der Waals surface area contributed by atoms with Crippen molar-refractivity contribution in [3.63, 3.8) is 0 Å². The normalized spacial score (nSPS) is 13.1. The number of phenolic OH excluding ortho intramolecular Hbond substituents is 1.